The van der Waals surface area contributed by atoms with Crippen LogP contribution in [-0.4, -0.2) is 33.3 Å². The third-order valence-corrected chi connectivity index (χ3v) is 3.04. The van der Waals surface area contributed by atoms with Crippen molar-refractivity contribution in [2.45, 2.75) is 26.0 Å². The van der Waals surface area contributed by atoms with Crippen molar-refractivity contribution in [1.29, 1.82) is 0 Å². The van der Waals surface area contributed by atoms with E-state index in [-0.39, 0.29) is 12.1 Å². The topological polar surface area (TPSA) is 81.4 Å². The van der Waals surface area contributed by atoms with Gasteiger partial charge in [0.2, 0.25) is 0 Å². The number of nitrogens with zero attached hydrogens (tertiary/aromatic N) is 2. The SMILES string of the molecule is COC(=O)C(C)(O)Cn1c(C)ncc(I)c1=O. The number of ether oxygens (including phenoxy) is 1. The Bertz CT molecular complexity index is 496. The number of halogens is 1. The fraction of sp³-hybridized carbons (Fsp3) is 0.500. The van der Waals surface area contributed by atoms with Crippen LogP contribution in [0, 0.1) is 10.5 Å². The van der Waals surface area contributed by atoms with Gasteiger partial charge in [-0.15, -0.1) is 0 Å². The highest BCUT2D eigenvalue weighted by Gasteiger charge is 2.33. The van der Waals surface area contributed by atoms with Gasteiger partial charge in [0.05, 0.1) is 17.2 Å². The monoisotopic (exact) mass is 352 g/mol. The molecule has 6 nitrogen and oxygen atoms in total. The summed E-state index contributed by atoms with van der Waals surface area (Å²) in [7, 11) is 1.18. The second-order valence-corrected chi connectivity index (χ2v) is 4.97. The fourth-order valence-corrected chi connectivity index (χ4v) is 1.76. The number of aromatic nitrogens is 2. The van der Waals surface area contributed by atoms with Crippen molar-refractivity contribution in [1.82, 2.24) is 9.55 Å². The molecular formula is C10H13IN2O4. The lowest BCUT2D eigenvalue weighted by Gasteiger charge is -2.22. The van der Waals surface area contributed by atoms with Gasteiger partial charge in [-0.25, -0.2) is 9.78 Å². The minimum Gasteiger partial charge on any atom is -0.467 e. The van der Waals surface area contributed by atoms with E-state index in [4.69, 9.17) is 0 Å². The molecule has 17 heavy (non-hydrogen) atoms. The summed E-state index contributed by atoms with van der Waals surface area (Å²) >= 11 is 1.85. The zero-order valence-electron chi connectivity index (χ0n) is 9.73. The largest absolute Gasteiger partial charge is 0.467 e. The maximum absolute atomic E-state index is 11.8. The molecule has 0 aliphatic rings. The van der Waals surface area contributed by atoms with Gasteiger partial charge in [-0.3, -0.25) is 9.36 Å². The van der Waals surface area contributed by atoms with Crippen LogP contribution in [0.15, 0.2) is 11.0 Å². The summed E-state index contributed by atoms with van der Waals surface area (Å²) in [5.41, 5.74) is -2.04. The number of aryl methyl sites for hydroxylation is 1. The number of carbonyl (C=O) groups is 1. The van der Waals surface area contributed by atoms with E-state index in [9.17, 15) is 14.7 Å². The zero-order chi connectivity index (χ0) is 13.2. The first kappa shape index (κ1) is 14.1. The molecule has 0 saturated carbocycles. The Morgan fingerprint density at radius 2 is 2.29 bits per heavy atom. The summed E-state index contributed by atoms with van der Waals surface area (Å²) in [4.78, 5) is 27.2. The van der Waals surface area contributed by atoms with Gasteiger partial charge in [0.1, 0.15) is 5.82 Å². The van der Waals surface area contributed by atoms with Crippen LogP contribution in [0.25, 0.3) is 0 Å². The van der Waals surface area contributed by atoms with E-state index in [1.165, 1.54) is 24.8 Å². The summed E-state index contributed by atoms with van der Waals surface area (Å²) in [6, 6.07) is 0. The van der Waals surface area contributed by atoms with Gasteiger partial charge in [0.15, 0.2) is 5.60 Å². The molecule has 0 spiro atoms. The van der Waals surface area contributed by atoms with E-state index in [1.807, 2.05) is 22.6 Å². The van der Waals surface area contributed by atoms with Crippen LogP contribution in [0.3, 0.4) is 0 Å². The number of carbonyl (C=O) groups excluding carboxylic acids is 1. The average molecular weight is 352 g/mol. The van der Waals surface area contributed by atoms with Gasteiger partial charge in [-0.1, -0.05) is 0 Å². The number of hydrogen-bond donors (Lipinski definition) is 1. The van der Waals surface area contributed by atoms with E-state index in [0.717, 1.165) is 0 Å². The van der Waals surface area contributed by atoms with Crippen LogP contribution in [0.4, 0.5) is 0 Å². The molecule has 0 aliphatic heterocycles. The number of methoxy groups -OCH3 is 1. The van der Waals surface area contributed by atoms with Crippen LogP contribution in [0.1, 0.15) is 12.7 Å². The molecule has 0 aliphatic carbocycles. The molecule has 0 amide bonds. The van der Waals surface area contributed by atoms with E-state index >= 15 is 0 Å². The zero-order valence-corrected chi connectivity index (χ0v) is 11.9. The summed E-state index contributed by atoms with van der Waals surface area (Å²) in [6.45, 7) is 2.74. The van der Waals surface area contributed by atoms with Crippen molar-refractivity contribution in [3.8, 4) is 0 Å². The molecule has 1 aromatic heterocycles. The average Bonchev–Trinajstić information content (AvgIpc) is 2.28. The van der Waals surface area contributed by atoms with E-state index in [2.05, 4.69) is 9.72 Å². The van der Waals surface area contributed by atoms with Crippen molar-refractivity contribution in [3.63, 3.8) is 0 Å². The Morgan fingerprint density at radius 3 is 2.82 bits per heavy atom. The normalized spacial score (nSPS) is 14.2. The minimum absolute atomic E-state index is 0.186. The van der Waals surface area contributed by atoms with Crippen molar-refractivity contribution >= 4 is 28.6 Å². The Labute approximate surface area is 112 Å². The third-order valence-electron chi connectivity index (χ3n) is 2.30. The van der Waals surface area contributed by atoms with Gasteiger partial charge < -0.3 is 9.84 Å². The Kier molecular flexibility index (Phi) is 4.26. The smallest absolute Gasteiger partial charge is 0.339 e. The molecule has 0 bridgehead atoms. The predicted octanol–water partition coefficient (Wildman–Crippen LogP) is 0.0803. The van der Waals surface area contributed by atoms with E-state index in [0.29, 0.717) is 9.39 Å². The lowest BCUT2D eigenvalue weighted by Crippen LogP contribution is -2.44. The highest BCUT2D eigenvalue weighted by molar-refractivity contribution is 14.1. The summed E-state index contributed by atoms with van der Waals surface area (Å²) in [5, 5.41) is 9.91. The van der Waals surface area contributed by atoms with Crippen LogP contribution in [-0.2, 0) is 16.1 Å². The predicted molar refractivity (Wildman–Crippen MR) is 68.6 cm³/mol. The van der Waals surface area contributed by atoms with Crippen LogP contribution >= 0.6 is 22.6 Å². The molecule has 1 aromatic rings. The quantitative estimate of drug-likeness (QED) is 0.616. The minimum atomic E-state index is -1.75. The second-order valence-electron chi connectivity index (χ2n) is 3.81. The van der Waals surface area contributed by atoms with Crippen LogP contribution < -0.4 is 5.56 Å². The van der Waals surface area contributed by atoms with Crippen LogP contribution in [0.2, 0.25) is 0 Å². The molecule has 0 fully saturated rings. The van der Waals surface area contributed by atoms with Gasteiger partial charge in [-0.05, 0) is 36.4 Å². The summed E-state index contributed by atoms with van der Waals surface area (Å²) in [5.74, 6) is -0.359. The van der Waals surface area contributed by atoms with Gasteiger partial charge in [0.25, 0.3) is 5.56 Å². The van der Waals surface area contributed by atoms with Gasteiger partial charge in [-0.2, -0.15) is 0 Å². The first-order valence-electron chi connectivity index (χ1n) is 4.82. The van der Waals surface area contributed by atoms with E-state index in [1.54, 1.807) is 6.92 Å². The Morgan fingerprint density at radius 1 is 1.71 bits per heavy atom. The molecule has 0 aromatic carbocycles. The molecule has 7 heteroatoms. The molecule has 1 N–H and O–H groups in total. The van der Waals surface area contributed by atoms with Crippen molar-refractivity contribution < 1.29 is 14.6 Å². The van der Waals surface area contributed by atoms with Crippen molar-refractivity contribution in [3.05, 3.63) is 25.9 Å². The molecule has 1 heterocycles. The molecule has 1 rings (SSSR count). The number of hydrogen-bond acceptors (Lipinski definition) is 5. The maximum Gasteiger partial charge on any atom is 0.339 e. The first-order chi connectivity index (χ1) is 7.79. The standard InChI is InChI=1S/C10H13IN2O4/c1-6-12-4-7(11)8(14)13(6)5-10(2,16)9(15)17-3/h4,16H,5H2,1-3H3. The first-order valence-corrected chi connectivity index (χ1v) is 5.90. The molecule has 0 radical (unpaired) electrons. The molecule has 0 saturated heterocycles. The molecular weight excluding hydrogens is 339 g/mol. The number of rotatable bonds is 3. The molecule has 1 unspecified atom stereocenters. The lowest BCUT2D eigenvalue weighted by atomic mass is 10.1. The van der Waals surface area contributed by atoms with E-state index < -0.39 is 11.6 Å². The lowest BCUT2D eigenvalue weighted by molar-refractivity contribution is -0.161. The Balaban J connectivity index is 3.16. The summed E-state index contributed by atoms with van der Waals surface area (Å²) < 4.78 is 6.14. The third kappa shape index (κ3) is 3.03. The highest BCUT2D eigenvalue weighted by Crippen LogP contribution is 2.10. The Hall–Kier alpha value is -0.960. The van der Waals surface area contributed by atoms with Crippen molar-refractivity contribution in [2.24, 2.45) is 0 Å². The molecule has 1 atom stereocenters. The number of aliphatic hydroxyl groups is 1. The molecule has 94 valence electrons. The highest BCUT2D eigenvalue weighted by atomic mass is 127. The summed E-state index contributed by atoms with van der Waals surface area (Å²) in [6.07, 6.45) is 1.45. The van der Waals surface area contributed by atoms with Gasteiger partial charge in [0, 0.05) is 6.20 Å². The fourth-order valence-electron chi connectivity index (χ4n) is 1.33. The second kappa shape index (κ2) is 5.13. The van der Waals surface area contributed by atoms with Gasteiger partial charge >= 0.3 is 5.97 Å². The number of esters is 1. The van der Waals surface area contributed by atoms with Crippen molar-refractivity contribution in [2.75, 3.05) is 7.11 Å². The van der Waals surface area contributed by atoms with Crippen LogP contribution in [0.5, 0.6) is 0 Å². The maximum atomic E-state index is 11.8.